The SMILES string of the molecule is CCN(CC)S(=O)(=O)N1CCN(C(=O)c2cc(Cl)cc(Cl)c2)CC1. The largest absolute Gasteiger partial charge is 0.336 e. The minimum atomic E-state index is -3.46. The number of carbonyl (C=O) groups is 1. The van der Waals surface area contributed by atoms with Crippen molar-refractivity contribution >= 4 is 39.3 Å². The number of hydrogen-bond acceptors (Lipinski definition) is 3. The fraction of sp³-hybridized carbons (Fsp3) is 0.533. The number of nitrogens with zero attached hydrogens (tertiary/aromatic N) is 3. The van der Waals surface area contributed by atoms with Crippen molar-refractivity contribution in [1.82, 2.24) is 13.5 Å². The van der Waals surface area contributed by atoms with Gasteiger partial charge in [-0.15, -0.1) is 0 Å². The summed E-state index contributed by atoms with van der Waals surface area (Å²) in [5.74, 6) is -0.195. The number of hydrogen-bond donors (Lipinski definition) is 0. The van der Waals surface area contributed by atoms with Gasteiger partial charge < -0.3 is 4.90 Å². The normalized spacial score (nSPS) is 16.6. The summed E-state index contributed by atoms with van der Waals surface area (Å²) in [6.07, 6.45) is 0. The summed E-state index contributed by atoms with van der Waals surface area (Å²) in [7, 11) is -3.46. The molecule has 0 radical (unpaired) electrons. The predicted molar refractivity (Wildman–Crippen MR) is 95.8 cm³/mol. The quantitative estimate of drug-likeness (QED) is 0.770. The third kappa shape index (κ3) is 4.21. The molecule has 1 saturated heterocycles. The first kappa shape index (κ1) is 19.5. The van der Waals surface area contributed by atoms with Gasteiger partial charge in [-0.25, -0.2) is 0 Å². The second kappa shape index (κ2) is 8.01. The van der Waals surface area contributed by atoms with Crippen molar-refractivity contribution in [3.63, 3.8) is 0 Å². The van der Waals surface area contributed by atoms with Crippen LogP contribution in [0.1, 0.15) is 24.2 Å². The summed E-state index contributed by atoms with van der Waals surface area (Å²) < 4.78 is 27.8. The zero-order chi connectivity index (χ0) is 17.9. The van der Waals surface area contributed by atoms with Gasteiger partial charge in [0.05, 0.1) is 0 Å². The molecule has 0 aliphatic carbocycles. The summed E-state index contributed by atoms with van der Waals surface area (Å²) >= 11 is 11.9. The molecule has 0 saturated carbocycles. The molecule has 0 atom stereocenters. The van der Waals surface area contributed by atoms with Gasteiger partial charge in [0.25, 0.3) is 16.1 Å². The molecule has 2 rings (SSSR count). The molecule has 1 amide bonds. The number of halogens is 2. The molecule has 24 heavy (non-hydrogen) atoms. The Balaban J connectivity index is 2.06. The molecule has 1 aliphatic rings. The van der Waals surface area contributed by atoms with Crippen molar-refractivity contribution in [1.29, 1.82) is 0 Å². The van der Waals surface area contributed by atoms with Crippen molar-refractivity contribution in [2.45, 2.75) is 13.8 Å². The van der Waals surface area contributed by atoms with Crippen molar-refractivity contribution < 1.29 is 13.2 Å². The van der Waals surface area contributed by atoms with Crippen LogP contribution in [-0.2, 0) is 10.2 Å². The van der Waals surface area contributed by atoms with E-state index in [1.807, 2.05) is 13.8 Å². The molecule has 6 nitrogen and oxygen atoms in total. The number of amides is 1. The Labute approximate surface area is 153 Å². The van der Waals surface area contributed by atoms with E-state index in [9.17, 15) is 13.2 Å². The van der Waals surface area contributed by atoms with Crippen LogP contribution in [0.15, 0.2) is 18.2 Å². The van der Waals surface area contributed by atoms with Crippen LogP contribution < -0.4 is 0 Å². The van der Waals surface area contributed by atoms with Gasteiger partial charge in [0.15, 0.2) is 0 Å². The van der Waals surface area contributed by atoms with Crippen molar-refractivity contribution in [3.05, 3.63) is 33.8 Å². The molecule has 1 heterocycles. The lowest BCUT2D eigenvalue weighted by atomic mass is 10.2. The highest BCUT2D eigenvalue weighted by Crippen LogP contribution is 2.21. The van der Waals surface area contributed by atoms with Crippen LogP contribution in [0.3, 0.4) is 0 Å². The van der Waals surface area contributed by atoms with Crippen molar-refractivity contribution in [2.75, 3.05) is 39.3 Å². The van der Waals surface area contributed by atoms with E-state index in [0.29, 0.717) is 41.8 Å². The van der Waals surface area contributed by atoms with Crippen LogP contribution in [0.25, 0.3) is 0 Å². The van der Waals surface area contributed by atoms with E-state index in [4.69, 9.17) is 23.2 Å². The van der Waals surface area contributed by atoms with Crippen molar-refractivity contribution in [2.24, 2.45) is 0 Å². The highest BCUT2D eigenvalue weighted by molar-refractivity contribution is 7.86. The molecule has 1 aromatic rings. The highest BCUT2D eigenvalue weighted by atomic mass is 35.5. The van der Waals surface area contributed by atoms with Crippen LogP contribution in [0.4, 0.5) is 0 Å². The Bertz CT molecular complexity index is 680. The average molecular weight is 394 g/mol. The summed E-state index contributed by atoms with van der Waals surface area (Å²) in [5.41, 5.74) is 0.410. The Morgan fingerprint density at radius 2 is 1.54 bits per heavy atom. The minimum absolute atomic E-state index is 0.195. The second-order valence-corrected chi connectivity index (χ2v) is 8.24. The van der Waals surface area contributed by atoms with Crippen LogP contribution in [0.5, 0.6) is 0 Å². The van der Waals surface area contributed by atoms with E-state index in [1.165, 1.54) is 8.61 Å². The van der Waals surface area contributed by atoms with E-state index in [2.05, 4.69) is 0 Å². The minimum Gasteiger partial charge on any atom is -0.336 e. The van der Waals surface area contributed by atoms with E-state index >= 15 is 0 Å². The summed E-state index contributed by atoms with van der Waals surface area (Å²) in [6, 6.07) is 4.69. The zero-order valence-corrected chi connectivity index (χ0v) is 16.0. The zero-order valence-electron chi connectivity index (χ0n) is 13.7. The molecule has 1 aliphatic heterocycles. The van der Waals surface area contributed by atoms with E-state index in [-0.39, 0.29) is 19.0 Å². The fourth-order valence-corrected chi connectivity index (χ4v) is 4.82. The van der Waals surface area contributed by atoms with E-state index in [0.717, 1.165) is 0 Å². The van der Waals surface area contributed by atoms with Crippen LogP contribution in [-0.4, -0.2) is 67.1 Å². The van der Waals surface area contributed by atoms with Gasteiger partial charge in [0, 0.05) is 54.9 Å². The predicted octanol–water partition coefficient (Wildman–Crippen LogP) is 2.34. The topological polar surface area (TPSA) is 60.9 Å². The molecule has 134 valence electrons. The van der Waals surface area contributed by atoms with Crippen molar-refractivity contribution in [3.8, 4) is 0 Å². The van der Waals surface area contributed by atoms with E-state index < -0.39 is 10.2 Å². The van der Waals surface area contributed by atoms with Crippen LogP contribution >= 0.6 is 23.2 Å². The van der Waals surface area contributed by atoms with Gasteiger partial charge in [-0.1, -0.05) is 37.0 Å². The molecule has 0 bridgehead atoms. The highest BCUT2D eigenvalue weighted by Gasteiger charge is 2.32. The molecule has 1 fully saturated rings. The number of piperazine rings is 1. The molecular weight excluding hydrogens is 373 g/mol. The average Bonchev–Trinajstić information content (AvgIpc) is 2.54. The molecule has 0 aromatic heterocycles. The standard InChI is InChI=1S/C15H21Cl2N3O3S/c1-3-19(4-2)24(22,23)20-7-5-18(6-8-20)15(21)12-9-13(16)11-14(17)10-12/h9-11H,3-8H2,1-2H3. The van der Waals surface area contributed by atoms with Gasteiger partial charge in [-0.05, 0) is 18.2 Å². The first-order valence-electron chi connectivity index (χ1n) is 7.80. The number of benzene rings is 1. The Morgan fingerprint density at radius 3 is 2.00 bits per heavy atom. The fourth-order valence-electron chi connectivity index (χ4n) is 2.69. The maximum absolute atomic E-state index is 12.5. The molecule has 9 heteroatoms. The smallest absolute Gasteiger partial charge is 0.282 e. The third-order valence-corrected chi connectivity index (χ3v) is 6.62. The molecule has 0 spiro atoms. The lowest BCUT2D eigenvalue weighted by molar-refractivity contribution is 0.0694. The number of rotatable bonds is 5. The van der Waals surface area contributed by atoms with Gasteiger partial charge in [-0.2, -0.15) is 17.0 Å². The van der Waals surface area contributed by atoms with Crippen LogP contribution in [0.2, 0.25) is 10.0 Å². The molecule has 0 unspecified atom stereocenters. The summed E-state index contributed by atoms with van der Waals surface area (Å²) in [4.78, 5) is 14.2. The van der Waals surface area contributed by atoms with Gasteiger partial charge in [-0.3, -0.25) is 4.79 Å². The summed E-state index contributed by atoms with van der Waals surface area (Å²) in [5, 5.41) is 0.794. The van der Waals surface area contributed by atoms with Gasteiger partial charge in [0.2, 0.25) is 0 Å². The lowest BCUT2D eigenvalue weighted by Crippen LogP contribution is -2.54. The number of carbonyl (C=O) groups excluding carboxylic acids is 1. The lowest BCUT2D eigenvalue weighted by Gasteiger charge is -2.36. The second-order valence-electron chi connectivity index (χ2n) is 5.44. The molecule has 1 aromatic carbocycles. The maximum atomic E-state index is 12.5. The first-order valence-corrected chi connectivity index (χ1v) is 9.95. The monoisotopic (exact) mass is 393 g/mol. The molecular formula is C15H21Cl2N3O3S. The van der Waals surface area contributed by atoms with E-state index in [1.54, 1.807) is 23.1 Å². The van der Waals surface area contributed by atoms with Gasteiger partial charge in [0.1, 0.15) is 0 Å². The third-order valence-electron chi connectivity index (χ3n) is 3.99. The summed E-state index contributed by atoms with van der Waals surface area (Å²) in [6.45, 7) is 5.70. The van der Waals surface area contributed by atoms with Crippen LogP contribution in [0, 0.1) is 0 Å². The Kier molecular flexibility index (Phi) is 6.50. The van der Waals surface area contributed by atoms with Gasteiger partial charge >= 0.3 is 0 Å². The molecule has 0 N–H and O–H groups in total. The maximum Gasteiger partial charge on any atom is 0.282 e. The Hall–Kier alpha value is -0.860. The Morgan fingerprint density at radius 1 is 1.04 bits per heavy atom. The first-order chi connectivity index (χ1) is 11.3.